The van der Waals surface area contributed by atoms with Crippen molar-refractivity contribution >= 4 is 17.4 Å². The summed E-state index contributed by atoms with van der Waals surface area (Å²) in [4.78, 5) is 24.7. The molecular weight excluding hydrogens is 342 g/mol. The highest BCUT2D eigenvalue weighted by Crippen LogP contribution is 2.17. The average molecular weight is 358 g/mol. The van der Waals surface area contributed by atoms with Crippen LogP contribution in [0.5, 0.6) is 0 Å². The number of carbonyl (C=O) groups is 1. The molecule has 2 aromatic heterocycles. The van der Waals surface area contributed by atoms with Crippen LogP contribution in [0.4, 0.5) is 25.0 Å². The molecule has 2 heterocycles. The maximum Gasteiger partial charge on any atom is 0.323 e. The molecule has 7 nitrogen and oxygen atoms in total. The SMILES string of the molecule is Cc1nc(C)n(-c2ncc(NC(=O)Nc3cc(F)ccc3F)cn2)c1C. The number of nitrogens with one attached hydrogen (secondary N) is 2. The minimum absolute atomic E-state index is 0.264. The first kappa shape index (κ1) is 17.5. The standard InChI is InChI=1S/C17H16F2N6O/c1-9-10(2)25(11(3)22-9)16-20-7-13(8-21-16)23-17(26)24-15-6-12(18)4-5-14(15)19/h4-8H,1-3H3,(H2,23,24,26). The summed E-state index contributed by atoms with van der Waals surface area (Å²) in [6.45, 7) is 5.65. The lowest BCUT2D eigenvalue weighted by molar-refractivity contribution is 0.262. The molecule has 0 unspecified atom stereocenters. The molecule has 0 spiro atoms. The first-order valence-corrected chi connectivity index (χ1v) is 7.73. The second-order valence-electron chi connectivity index (χ2n) is 5.64. The highest BCUT2D eigenvalue weighted by atomic mass is 19.1. The van der Waals surface area contributed by atoms with E-state index in [0.717, 1.165) is 35.4 Å². The van der Waals surface area contributed by atoms with Crippen LogP contribution in [0.15, 0.2) is 30.6 Å². The van der Waals surface area contributed by atoms with Crippen LogP contribution >= 0.6 is 0 Å². The van der Waals surface area contributed by atoms with Gasteiger partial charge in [-0.3, -0.25) is 4.57 Å². The Morgan fingerprint density at radius 2 is 1.77 bits per heavy atom. The second-order valence-corrected chi connectivity index (χ2v) is 5.64. The topological polar surface area (TPSA) is 84.7 Å². The fourth-order valence-corrected chi connectivity index (χ4v) is 2.45. The third-order valence-corrected chi connectivity index (χ3v) is 3.78. The summed E-state index contributed by atoms with van der Waals surface area (Å²) in [5, 5.41) is 4.69. The van der Waals surface area contributed by atoms with E-state index < -0.39 is 17.7 Å². The summed E-state index contributed by atoms with van der Waals surface area (Å²) in [6, 6.07) is 2.05. The highest BCUT2D eigenvalue weighted by molar-refractivity contribution is 5.99. The Morgan fingerprint density at radius 3 is 2.38 bits per heavy atom. The Bertz CT molecular complexity index is 968. The summed E-state index contributed by atoms with van der Waals surface area (Å²) in [7, 11) is 0. The van der Waals surface area contributed by atoms with Gasteiger partial charge in [-0.25, -0.2) is 28.5 Å². The number of carbonyl (C=O) groups excluding carboxylic acids is 1. The third kappa shape index (κ3) is 3.51. The summed E-state index contributed by atoms with van der Waals surface area (Å²) >= 11 is 0. The molecule has 134 valence electrons. The summed E-state index contributed by atoms with van der Waals surface area (Å²) < 4.78 is 28.5. The predicted molar refractivity (Wildman–Crippen MR) is 92.4 cm³/mol. The predicted octanol–water partition coefficient (Wildman–Crippen LogP) is 3.51. The molecule has 0 aliphatic heterocycles. The molecule has 3 aromatic rings. The molecule has 0 aliphatic rings. The van der Waals surface area contributed by atoms with Crippen molar-refractivity contribution in [2.24, 2.45) is 0 Å². The maximum atomic E-state index is 13.5. The number of urea groups is 1. The van der Waals surface area contributed by atoms with Crippen LogP contribution in [0.3, 0.4) is 0 Å². The number of halogens is 2. The maximum absolute atomic E-state index is 13.5. The number of rotatable bonds is 3. The second kappa shape index (κ2) is 6.87. The van der Waals surface area contributed by atoms with Crippen LogP contribution in [0, 0.1) is 32.4 Å². The average Bonchev–Trinajstić information content (AvgIpc) is 2.84. The number of aromatic nitrogens is 4. The molecule has 0 atom stereocenters. The van der Waals surface area contributed by atoms with Gasteiger partial charge in [0.05, 0.1) is 29.5 Å². The van der Waals surface area contributed by atoms with E-state index >= 15 is 0 Å². The fraction of sp³-hybridized carbons (Fsp3) is 0.176. The first-order valence-electron chi connectivity index (χ1n) is 7.73. The number of imidazole rings is 1. The van der Waals surface area contributed by atoms with Crippen molar-refractivity contribution in [3.05, 3.63) is 59.4 Å². The number of amides is 2. The molecule has 0 saturated carbocycles. The van der Waals surface area contributed by atoms with Crippen molar-refractivity contribution in [2.45, 2.75) is 20.8 Å². The van der Waals surface area contributed by atoms with Gasteiger partial charge in [-0.15, -0.1) is 0 Å². The molecule has 1 aromatic carbocycles. The van der Waals surface area contributed by atoms with Gasteiger partial charge in [-0.2, -0.15) is 0 Å². The van der Waals surface area contributed by atoms with E-state index in [1.165, 1.54) is 12.4 Å². The molecular formula is C17H16F2N6O. The van der Waals surface area contributed by atoms with Gasteiger partial charge in [0.1, 0.15) is 17.5 Å². The van der Waals surface area contributed by atoms with Gasteiger partial charge in [-0.05, 0) is 32.9 Å². The van der Waals surface area contributed by atoms with Gasteiger partial charge in [0.25, 0.3) is 0 Å². The number of anilines is 2. The van der Waals surface area contributed by atoms with Gasteiger partial charge < -0.3 is 10.6 Å². The highest BCUT2D eigenvalue weighted by Gasteiger charge is 2.12. The zero-order valence-electron chi connectivity index (χ0n) is 14.3. The Hall–Kier alpha value is -3.36. The van der Waals surface area contributed by atoms with E-state index in [-0.39, 0.29) is 5.69 Å². The summed E-state index contributed by atoms with van der Waals surface area (Å²) in [5.74, 6) is -0.229. The van der Waals surface area contributed by atoms with Crippen molar-refractivity contribution < 1.29 is 13.6 Å². The Balaban J connectivity index is 1.73. The van der Waals surface area contributed by atoms with Crippen molar-refractivity contribution in [1.82, 2.24) is 19.5 Å². The van der Waals surface area contributed by atoms with E-state index in [2.05, 4.69) is 25.6 Å². The quantitative estimate of drug-likeness (QED) is 0.750. The number of hydrogen-bond donors (Lipinski definition) is 2. The minimum atomic E-state index is -0.741. The molecule has 9 heteroatoms. The van der Waals surface area contributed by atoms with E-state index in [4.69, 9.17) is 0 Å². The van der Waals surface area contributed by atoms with Gasteiger partial charge >= 0.3 is 6.03 Å². The zero-order valence-corrected chi connectivity index (χ0v) is 14.3. The Labute approximate surface area is 148 Å². The van der Waals surface area contributed by atoms with Crippen LogP contribution in [0.25, 0.3) is 5.95 Å². The summed E-state index contributed by atoms with van der Waals surface area (Å²) in [6.07, 6.45) is 2.83. The molecule has 0 radical (unpaired) electrons. The number of nitrogens with zero attached hydrogens (tertiary/aromatic N) is 4. The molecule has 0 aliphatic carbocycles. The summed E-state index contributed by atoms with van der Waals surface area (Å²) in [5.41, 5.74) is 1.84. The molecule has 3 rings (SSSR count). The molecule has 0 saturated heterocycles. The lowest BCUT2D eigenvalue weighted by Gasteiger charge is -2.09. The Morgan fingerprint density at radius 1 is 1.08 bits per heavy atom. The van der Waals surface area contributed by atoms with E-state index in [9.17, 15) is 13.6 Å². The number of benzene rings is 1. The largest absolute Gasteiger partial charge is 0.323 e. The molecule has 0 bridgehead atoms. The fourth-order valence-electron chi connectivity index (χ4n) is 2.45. The van der Waals surface area contributed by atoms with Crippen molar-refractivity contribution in [2.75, 3.05) is 10.6 Å². The lowest BCUT2D eigenvalue weighted by atomic mass is 10.3. The smallest absolute Gasteiger partial charge is 0.305 e. The van der Waals surface area contributed by atoms with Crippen LogP contribution in [0.2, 0.25) is 0 Å². The van der Waals surface area contributed by atoms with Crippen molar-refractivity contribution in [3.63, 3.8) is 0 Å². The lowest BCUT2D eigenvalue weighted by Crippen LogP contribution is -2.20. The van der Waals surface area contributed by atoms with Crippen molar-refractivity contribution in [3.8, 4) is 5.95 Å². The van der Waals surface area contributed by atoms with Crippen LogP contribution in [-0.2, 0) is 0 Å². The third-order valence-electron chi connectivity index (χ3n) is 3.78. The van der Waals surface area contributed by atoms with Crippen LogP contribution < -0.4 is 10.6 Å². The zero-order chi connectivity index (χ0) is 18.8. The minimum Gasteiger partial charge on any atom is -0.305 e. The van der Waals surface area contributed by atoms with Gasteiger partial charge in [-0.1, -0.05) is 0 Å². The number of hydrogen-bond acceptors (Lipinski definition) is 4. The molecule has 0 fully saturated rings. The molecule has 2 amide bonds. The van der Waals surface area contributed by atoms with Gasteiger partial charge in [0.15, 0.2) is 0 Å². The van der Waals surface area contributed by atoms with E-state index in [1.54, 1.807) is 4.57 Å². The van der Waals surface area contributed by atoms with Gasteiger partial charge in [0, 0.05) is 11.8 Å². The van der Waals surface area contributed by atoms with E-state index in [1.807, 2.05) is 20.8 Å². The Kier molecular flexibility index (Phi) is 4.61. The van der Waals surface area contributed by atoms with Crippen molar-refractivity contribution in [1.29, 1.82) is 0 Å². The first-order chi connectivity index (χ1) is 12.3. The van der Waals surface area contributed by atoms with Gasteiger partial charge in [0.2, 0.25) is 5.95 Å². The van der Waals surface area contributed by atoms with Crippen LogP contribution in [-0.4, -0.2) is 25.6 Å². The van der Waals surface area contributed by atoms with Crippen LogP contribution in [0.1, 0.15) is 17.2 Å². The van der Waals surface area contributed by atoms with E-state index in [0.29, 0.717) is 11.6 Å². The molecule has 26 heavy (non-hydrogen) atoms. The number of aryl methyl sites for hydroxylation is 2. The normalized spacial score (nSPS) is 10.7. The molecule has 2 N–H and O–H groups in total. The monoisotopic (exact) mass is 358 g/mol.